The van der Waals surface area contributed by atoms with E-state index in [4.69, 9.17) is 28.2 Å². The second kappa shape index (κ2) is 13.3. The highest BCUT2D eigenvalue weighted by atomic mass is 16.3. The average molecular weight is 821 g/mol. The van der Waals surface area contributed by atoms with Crippen molar-refractivity contribution < 1.29 is 13.3 Å². The highest BCUT2D eigenvalue weighted by Gasteiger charge is 2.22. The van der Waals surface area contributed by atoms with Gasteiger partial charge in [0.05, 0.1) is 16.7 Å². The highest BCUT2D eigenvalue weighted by Crippen LogP contribution is 2.44. The summed E-state index contributed by atoms with van der Waals surface area (Å²) in [6.07, 6.45) is 0. The Morgan fingerprint density at radius 1 is 0.312 bits per heavy atom. The number of hydrogen-bond donors (Lipinski definition) is 0. The summed E-state index contributed by atoms with van der Waals surface area (Å²) in [6, 6.07) is 66.7. The molecule has 0 saturated heterocycles. The molecule has 5 aromatic heterocycles. The zero-order valence-electron chi connectivity index (χ0n) is 34.0. The van der Waals surface area contributed by atoms with Gasteiger partial charge in [-0.05, 0) is 71.8 Å². The normalized spacial score (nSPS) is 12.1. The summed E-state index contributed by atoms with van der Waals surface area (Å²) < 4.78 is 22.1. The van der Waals surface area contributed by atoms with E-state index in [-0.39, 0.29) is 0 Å². The highest BCUT2D eigenvalue weighted by molar-refractivity contribution is 6.18. The van der Waals surface area contributed by atoms with E-state index in [0.717, 1.165) is 110 Å². The number of fused-ring (bicyclic) bond motifs is 12. The molecule has 0 spiro atoms. The van der Waals surface area contributed by atoms with Crippen LogP contribution in [-0.4, -0.2) is 19.5 Å². The van der Waals surface area contributed by atoms with Crippen molar-refractivity contribution in [3.8, 4) is 51.0 Å². The van der Waals surface area contributed by atoms with Gasteiger partial charge in [0, 0.05) is 59.8 Å². The second-order valence-corrected chi connectivity index (χ2v) is 16.3. The smallest absolute Gasteiger partial charge is 0.164 e. The third-order valence-corrected chi connectivity index (χ3v) is 12.7. The first-order valence-corrected chi connectivity index (χ1v) is 21.3. The summed E-state index contributed by atoms with van der Waals surface area (Å²) in [4.78, 5) is 15.4. The maximum atomic E-state index is 6.85. The number of nitrogens with zero attached hydrogens (tertiary/aromatic N) is 4. The van der Waals surface area contributed by atoms with Crippen LogP contribution < -0.4 is 0 Å². The van der Waals surface area contributed by atoms with Crippen molar-refractivity contribution in [3.05, 3.63) is 194 Å². The van der Waals surface area contributed by atoms with E-state index in [0.29, 0.717) is 17.5 Å². The summed E-state index contributed by atoms with van der Waals surface area (Å²) in [5.74, 6) is 1.68. The first-order valence-electron chi connectivity index (χ1n) is 21.3. The zero-order chi connectivity index (χ0) is 41.9. The molecule has 0 atom stereocenters. The molecule has 0 bridgehead atoms. The topological polar surface area (TPSA) is 83.0 Å². The lowest BCUT2D eigenvalue weighted by Crippen LogP contribution is -2.00. The standard InChI is InChI=1S/C57H32N4O3/c1-2-13-33(14-3-1)55-58-56(35-27-29-40-39-17-6-9-24-47(39)63-51(40)32-35)60-57(59-55)42-20-12-25-49-53(42)43-31-34(28-30-48(43)62-49)36-18-11-26-50-52(36)41-19-10-23-46(54(41)64-50)61-44-21-7-4-15-37(44)38-16-5-8-22-45(38)61/h1-32H. The minimum absolute atomic E-state index is 0.549. The van der Waals surface area contributed by atoms with Gasteiger partial charge in [-0.25, -0.2) is 15.0 Å². The maximum absolute atomic E-state index is 6.85. The molecular weight excluding hydrogens is 789 g/mol. The molecule has 0 aliphatic carbocycles. The van der Waals surface area contributed by atoms with Crippen LogP contribution in [0.4, 0.5) is 0 Å². The van der Waals surface area contributed by atoms with Crippen LogP contribution >= 0.6 is 0 Å². The van der Waals surface area contributed by atoms with Gasteiger partial charge in [0.2, 0.25) is 0 Å². The summed E-state index contributed by atoms with van der Waals surface area (Å²) in [5.41, 5.74) is 12.8. The molecule has 0 amide bonds. The van der Waals surface area contributed by atoms with Gasteiger partial charge < -0.3 is 17.8 Å². The quantitative estimate of drug-likeness (QED) is 0.172. The van der Waals surface area contributed by atoms with Gasteiger partial charge >= 0.3 is 0 Å². The molecule has 0 N–H and O–H groups in total. The molecule has 7 heteroatoms. The lowest BCUT2D eigenvalue weighted by molar-refractivity contribution is 0.666. The third kappa shape index (κ3) is 5.12. The minimum Gasteiger partial charge on any atom is -0.456 e. The van der Waals surface area contributed by atoms with Crippen molar-refractivity contribution in [2.24, 2.45) is 0 Å². The summed E-state index contributed by atoms with van der Waals surface area (Å²) in [7, 11) is 0. The molecule has 0 aliphatic rings. The van der Waals surface area contributed by atoms with E-state index >= 15 is 0 Å². The van der Waals surface area contributed by atoms with Crippen molar-refractivity contribution in [2.75, 3.05) is 0 Å². The molecule has 0 saturated carbocycles. The molecule has 0 unspecified atom stereocenters. The summed E-state index contributed by atoms with van der Waals surface area (Å²) in [5, 5.41) is 8.54. The molecule has 0 aliphatic heterocycles. The van der Waals surface area contributed by atoms with E-state index < -0.39 is 0 Å². The molecule has 14 aromatic rings. The van der Waals surface area contributed by atoms with Gasteiger partial charge in [-0.1, -0.05) is 133 Å². The van der Waals surface area contributed by atoms with Crippen molar-refractivity contribution in [2.45, 2.75) is 0 Å². The predicted molar refractivity (Wildman–Crippen MR) is 258 cm³/mol. The summed E-state index contributed by atoms with van der Waals surface area (Å²) in [6.45, 7) is 0. The lowest BCUT2D eigenvalue weighted by Gasteiger charge is -2.09. The van der Waals surface area contributed by atoms with Crippen LogP contribution in [0.3, 0.4) is 0 Å². The molecule has 9 aromatic carbocycles. The fraction of sp³-hybridized carbons (Fsp3) is 0. The molecule has 0 radical (unpaired) electrons. The van der Waals surface area contributed by atoms with E-state index in [9.17, 15) is 0 Å². The number of furan rings is 3. The maximum Gasteiger partial charge on any atom is 0.164 e. The lowest BCUT2D eigenvalue weighted by atomic mass is 9.97. The van der Waals surface area contributed by atoms with Gasteiger partial charge in [0.1, 0.15) is 27.9 Å². The Labute approximate surface area is 364 Å². The molecule has 0 fully saturated rings. The van der Waals surface area contributed by atoms with E-state index in [2.05, 4.69) is 132 Å². The number of rotatable bonds is 5. The largest absolute Gasteiger partial charge is 0.456 e. The first kappa shape index (κ1) is 34.9. The van der Waals surface area contributed by atoms with Gasteiger partial charge in [0.15, 0.2) is 23.1 Å². The van der Waals surface area contributed by atoms with Crippen LogP contribution in [0.5, 0.6) is 0 Å². The number of hydrogen-bond acceptors (Lipinski definition) is 6. The Morgan fingerprint density at radius 2 is 0.875 bits per heavy atom. The van der Waals surface area contributed by atoms with Crippen molar-refractivity contribution >= 4 is 87.6 Å². The van der Waals surface area contributed by atoms with Crippen molar-refractivity contribution in [1.82, 2.24) is 19.5 Å². The van der Waals surface area contributed by atoms with Gasteiger partial charge in [0.25, 0.3) is 0 Å². The van der Waals surface area contributed by atoms with Gasteiger partial charge in [-0.3, -0.25) is 0 Å². The van der Waals surface area contributed by atoms with Crippen LogP contribution in [0, 0.1) is 0 Å². The monoisotopic (exact) mass is 820 g/mol. The van der Waals surface area contributed by atoms with E-state index in [1.807, 2.05) is 66.7 Å². The van der Waals surface area contributed by atoms with E-state index in [1.165, 1.54) is 10.8 Å². The van der Waals surface area contributed by atoms with Gasteiger partial charge in [-0.15, -0.1) is 0 Å². The third-order valence-electron chi connectivity index (χ3n) is 12.7. The number of para-hydroxylation sites is 4. The average Bonchev–Trinajstić information content (AvgIpc) is 4.12. The number of benzene rings is 9. The zero-order valence-corrected chi connectivity index (χ0v) is 34.0. The number of aromatic nitrogens is 4. The Bertz CT molecular complexity index is 4160. The fourth-order valence-electron chi connectivity index (χ4n) is 9.82. The molecule has 298 valence electrons. The summed E-state index contributed by atoms with van der Waals surface area (Å²) >= 11 is 0. The van der Waals surface area contributed by atoms with Crippen molar-refractivity contribution in [3.63, 3.8) is 0 Å². The molecule has 64 heavy (non-hydrogen) atoms. The Morgan fingerprint density at radius 3 is 1.69 bits per heavy atom. The Balaban J connectivity index is 0.954. The van der Waals surface area contributed by atoms with E-state index in [1.54, 1.807) is 0 Å². The SMILES string of the molecule is c1ccc(-c2nc(-c3ccc4c(c3)oc3ccccc34)nc(-c3cccc4oc5ccc(-c6cccc7oc8c(-n9c%10ccccc%10c%10ccccc%109)cccc8c67)cc5c34)n2)cc1. The Kier molecular flexibility index (Phi) is 7.27. The first-order chi connectivity index (χ1) is 31.7. The second-order valence-electron chi connectivity index (χ2n) is 16.3. The Hall–Kier alpha value is -8.81. The fourth-order valence-corrected chi connectivity index (χ4v) is 9.82. The van der Waals surface area contributed by atoms with Crippen LogP contribution in [-0.2, 0) is 0 Å². The van der Waals surface area contributed by atoms with Crippen LogP contribution in [0.15, 0.2) is 207 Å². The van der Waals surface area contributed by atoms with Crippen LogP contribution in [0.25, 0.3) is 139 Å². The molecular formula is C57H32N4O3. The molecule has 7 nitrogen and oxygen atoms in total. The predicted octanol–water partition coefficient (Wildman–Crippen LogP) is 15.3. The minimum atomic E-state index is 0.549. The van der Waals surface area contributed by atoms with Crippen LogP contribution in [0.2, 0.25) is 0 Å². The van der Waals surface area contributed by atoms with Crippen molar-refractivity contribution in [1.29, 1.82) is 0 Å². The molecule has 14 rings (SSSR count). The molecule has 5 heterocycles. The van der Waals surface area contributed by atoms with Gasteiger partial charge in [-0.2, -0.15) is 0 Å². The van der Waals surface area contributed by atoms with Crippen LogP contribution in [0.1, 0.15) is 0 Å².